The molecular weight excluding hydrogens is 540 g/mol. The van der Waals surface area contributed by atoms with Crippen LogP contribution < -0.4 is 4.90 Å². The molecule has 2 saturated heterocycles. The minimum atomic E-state index is -0.154. The van der Waals surface area contributed by atoms with Crippen molar-refractivity contribution in [3.05, 3.63) is 71.0 Å². The molecule has 10 heteroatoms. The van der Waals surface area contributed by atoms with Crippen molar-refractivity contribution < 1.29 is 42.9 Å². The number of allylic oxidation sites excluding steroid dienone is 7. The van der Waals surface area contributed by atoms with E-state index in [-0.39, 0.29) is 11.5 Å². The van der Waals surface area contributed by atoms with Crippen molar-refractivity contribution in [3.63, 3.8) is 0 Å². The summed E-state index contributed by atoms with van der Waals surface area (Å²) in [6.45, 7) is 9.70. The second-order valence-electron chi connectivity index (χ2n) is 10.2. The van der Waals surface area contributed by atoms with E-state index in [0.29, 0.717) is 102 Å². The molecule has 0 saturated carbocycles. The van der Waals surface area contributed by atoms with Crippen LogP contribution in [-0.4, -0.2) is 127 Å². The maximum absolute atomic E-state index is 13.2. The number of hydrogen-bond acceptors (Lipinski definition) is 9. The number of aliphatic hydroxyl groups is 1. The lowest BCUT2D eigenvalue weighted by molar-refractivity contribution is -0.532. The molecule has 0 bridgehead atoms. The van der Waals surface area contributed by atoms with Gasteiger partial charge in [0, 0.05) is 30.9 Å². The van der Waals surface area contributed by atoms with Gasteiger partial charge in [-0.3, -0.25) is 4.79 Å². The molecule has 0 amide bonds. The van der Waals surface area contributed by atoms with Gasteiger partial charge < -0.3 is 38.4 Å². The van der Waals surface area contributed by atoms with E-state index in [1.54, 1.807) is 0 Å². The van der Waals surface area contributed by atoms with Crippen LogP contribution in [0.4, 0.5) is 5.69 Å². The maximum Gasteiger partial charge on any atom is 0.201 e. The first-order valence-corrected chi connectivity index (χ1v) is 14.7. The van der Waals surface area contributed by atoms with Gasteiger partial charge in [-0.25, -0.2) is 4.58 Å². The number of anilines is 1. The van der Waals surface area contributed by atoms with Crippen LogP contribution >= 0.6 is 0 Å². The largest absolute Gasteiger partial charge is 0.506 e. The zero-order valence-electron chi connectivity index (χ0n) is 24.1. The Balaban J connectivity index is 1.26. The fourth-order valence-corrected chi connectivity index (χ4v) is 5.14. The Hall–Kier alpha value is -3.12. The summed E-state index contributed by atoms with van der Waals surface area (Å²) in [5, 5.41) is 10.9. The highest BCUT2D eigenvalue weighted by Gasteiger charge is 2.36. The molecule has 2 heterocycles. The average molecular weight is 582 g/mol. The second-order valence-corrected chi connectivity index (χ2v) is 10.2. The molecule has 10 nitrogen and oxygen atoms in total. The van der Waals surface area contributed by atoms with Crippen molar-refractivity contribution in [1.29, 1.82) is 0 Å². The first kappa shape index (κ1) is 30.3. The summed E-state index contributed by atoms with van der Waals surface area (Å²) in [5.41, 5.74) is 4.12. The SMILES string of the molecule is O=C1C(=C2C=CC(=[N+]3CCOCCOCCOCC3)C=C2)C(O)=C1c1ccc(N2CCOCCOCCOCC2)cc1. The number of ketones is 1. The van der Waals surface area contributed by atoms with Crippen molar-refractivity contribution in [3.8, 4) is 0 Å². The first-order chi connectivity index (χ1) is 20.7. The molecule has 1 aromatic rings. The second kappa shape index (κ2) is 15.9. The summed E-state index contributed by atoms with van der Waals surface area (Å²) in [5.74, 6) is -0.121. The zero-order valence-corrected chi connectivity index (χ0v) is 24.1. The van der Waals surface area contributed by atoms with Gasteiger partial charge in [0.25, 0.3) is 0 Å². The van der Waals surface area contributed by atoms with Crippen molar-refractivity contribution in [2.45, 2.75) is 0 Å². The van der Waals surface area contributed by atoms with Gasteiger partial charge in [0.2, 0.25) is 5.78 Å². The molecule has 0 radical (unpaired) electrons. The molecular formula is C32H41N2O8+. The number of Topliss-reactive ketones (excluding diaryl/α,β-unsaturated/α-hetero) is 1. The quantitative estimate of drug-likeness (QED) is 0.417. The fourth-order valence-electron chi connectivity index (χ4n) is 5.14. The smallest absolute Gasteiger partial charge is 0.201 e. The molecule has 0 spiro atoms. The lowest BCUT2D eigenvalue weighted by Crippen LogP contribution is -2.32. The van der Waals surface area contributed by atoms with Crippen LogP contribution in [0.1, 0.15) is 5.56 Å². The van der Waals surface area contributed by atoms with Crippen molar-refractivity contribution in [2.75, 3.05) is 110 Å². The van der Waals surface area contributed by atoms with Crippen LogP contribution in [-0.2, 0) is 33.2 Å². The summed E-state index contributed by atoms with van der Waals surface area (Å²) in [6.07, 6.45) is 7.72. The van der Waals surface area contributed by atoms with Crippen molar-refractivity contribution in [1.82, 2.24) is 0 Å². The van der Waals surface area contributed by atoms with E-state index in [9.17, 15) is 9.90 Å². The van der Waals surface area contributed by atoms with Crippen LogP contribution in [0.2, 0.25) is 0 Å². The van der Waals surface area contributed by atoms with Crippen LogP contribution in [0.3, 0.4) is 0 Å². The van der Waals surface area contributed by atoms with Crippen LogP contribution in [0, 0.1) is 0 Å². The van der Waals surface area contributed by atoms with Gasteiger partial charge in [-0.1, -0.05) is 12.1 Å². The van der Waals surface area contributed by atoms with Gasteiger partial charge >= 0.3 is 0 Å². The van der Waals surface area contributed by atoms with E-state index in [1.807, 2.05) is 48.6 Å². The molecule has 42 heavy (non-hydrogen) atoms. The van der Waals surface area contributed by atoms with Gasteiger partial charge in [0.05, 0.1) is 77.2 Å². The summed E-state index contributed by atoms with van der Waals surface area (Å²) in [6, 6.07) is 7.72. The summed E-state index contributed by atoms with van der Waals surface area (Å²) in [4.78, 5) is 15.4. The Morgan fingerprint density at radius 3 is 1.57 bits per heavy atom. The van der Waals surface area contributed by atoms with E-state index in [4.69, 9.17) is 28.4 Å². The van der Waals surface area contributed by atoms with Gasteiger partial charge in [-0.15, -0.1) is 0 Å². The topological polar surface area (TPSA) is 98.9 Å². The summed E-state index contributed by atoms with van der Waals surface area (Å²) < 4.78 is 35.8. The number of carbonyl (C=O) groups excluding carboxylic acids is 1. The highest BCUT2D eigenvalue weighted by Crippen LogP contribution is 2.39. The van der Waals surface area contributed by atoms with Crippen LogP contribution in [0.25, 0.3) is 5.57 Å². The number of aliphatic hydroxyl groups excluding tert-OH is 1. The molecule has 0 aromatic heterocycles. The predicted octanol–water partition coefficient (Wildman–Crippen LogP) is 2.35. The number of hydrogen-bond donors (Lipinski definition) is 1. The molecule has 226 valence electrons. The summed E-state index contributed by atoms with van der Waals surface area (Å²) in [7, 11) is 0. The lowest BCUT2D eigenvalue weighted by atomic mass is 9.80. The van der Waals surface area contributed by atoms with Crippen molar-refractivity contribution >= 4 is 22.8 Å². The van der Waals surface area contributed by atoms with E-state index < -0.39 is 0 Å². The number of carbonyl (C=O) groups is 1. The van der Waals surface area contributed by atoms with E-state index >= 15 is 0 Å². The molecule has 1 aromatic carbocycles. The van der Waals surface area contributed by atoms with E-state index in [2.05, 4.69) is 9.48 Å². The average Bonchev–Trinajstić information content (AvgIpc) is 2.99. The monoisotopic (exact) mass is 581 g/mol. The highest BCUT2D eigenvalue weighted by molar-refractivity contribution is 6.39. The standard InChI is InChI=1S/C32H40N2O8/c35-31-29(25-1-5-27(6-2-25)33-9-13-37-17-21-41-22-18-38-14-10-33)32(36)30(31)26-3-7-28(8-4-26)34-11-15-39-19-23-42-24-20-40-16-12-34/h1-8H,9-24H2/p+1. The van der Waals surface area contributed by atoms with E-state index in [0.717, 1.165) is 37.6 Å². The number of benzene rings is 1. The van der Waals surface area contributed by atoms with E-state index in [1.165, 1.54) is 0 Å². The highest BCUT2D eigenvalue weighted by atomic mass is 16.5. The Bertz CT molecular complexity index is 1190. The van der Waals surface area contributed by atoms with Gasteiger partial charge in [0.1, 0.15) is 19.0 Å². The van der Waals surface area contributed by atoms with Crippen molar-refractivity contribution in [2.24, 2.45) is 0 Å². The van der Waals surface area contributed by atoms with Crippen LogP contribution in [0.15, 0.2) is 65.5 Å². The third kappa shape index (κ3) is 8.03. The predicted molar refractivity (Wildman–Crippen MR) is 158 cm³/mol. The number of nitrogens with zero attached hydrogens (tertiary/aromatic N) is 2. The fraction of sp³-hybridized carbons (Fsp3) is 0.500. The minimum absolute atomic E-state index is 0.0335. The van der Waals surface area contributed by atoms with Crippen LogP contribution in [0.5, 0.6) is 0 Å². The molecule has 5 rings (SSSR count). The normalized spacial score (nSPS) is 22.7. The Kier molecular flexibility index (Phi) is 11.5. The maximum atomic E-state index is 13.2. The lowest BCUT2D eigenvalue weighted by Gasteiger charge is -2.27. The molecule has 0 unspecified atom stereocenters. The third-order valence-corrected chi connectivity index (χ3v) is 7.48. The van der Waals surface area contributed by atoms with Gasteiger partial charge in [-0.05, 0) is 35.4 Å². The molecule has 0 atom stereocenters. The number of rotatable bonds is 2. The third-order valence-electron chi connectivity index (χ3n) is 7.48. The molecule has 2 aliphatic carbocycles. The minimum Gasteiger partial charge on any atom is -0.506 e. The first-order valence-electron chi connectivity index (χ1n) is 14.7. The Morgan fingerprint density at radius 1 is 0.595 bits per heavy atom. The molecule has 4 aliphatic rings. The van der Waals surface area contributed by atoms with Gasteiger partial charge in [-0.2, -0.15) is 0 Å². The zero-order chi connectivity index (χ0) is 29.0. The Morgan fingerprint density at radius 2 is 1.07 bits per heavy atom. The number of ether oxygens (including phenoxy) is 6. The Labute approximate surface area is 247 Å². The molecule has 2 fully saturated rings. The molecule has 2 aliphatic heterocycles. The molecule has 1 N–H and O–H groups in total. The van der Waals surface area contributed by atoms with Gasteiger partial charge in [0.15, 0.2) is 18.8 Å². The summed E-state index contributed by atoms with van der Waals surface area (Å²) >= 11 is 0.